The van der Waals surface area contributed by atoms with Gasteiger partial charge in [0.2, 0.25) is 0 Å². The van der Waals surface area contributed by atoms with Gasteiger partial charge in [0.15, 0.2) is 0 Å². The highest BCUT2D eigenvalue weighted by Crippen LogP contribution is 2.23. The zero-order valence-electron chi connectivity index (χ0n) is 11.8. The van der Waals surface area contributed by atoms with Gasteiger partial charge in [0.25, 0.3) is 0 Å². The summed E-state index contributed by atoms with van der Waals surface area (Å²) in [6, 6.07) is 0.667. The molecule has 2 rings (SSSR count). The van der Waals surface area contributed by atoms with Crippen LogP contribution in [0.5, 0.6) is 0 Å². The molecule has 5 nitrogen and oxygen atoms in total. The second-order valence-electron chi connectivity index (χ2n) is 5.38. The SMILES string of the molecule is CNC(Cc1ncnn1C(C)C)C1CCC(C)O1. The van der Waals surface area contributed by atoms with Gasteiger partial charge in [-0.05, 0) is 40.7 Å². The Labute approximate surface area is 109 Å². The van der Waals surface area contributed by atoms with Crippen LogP contribution < -0.4 is 5.32 Å². The third-order valence-electron chi connectivity index (χ3n) is 3.62. The van der Waals surface area contributed by atoms with Crippen molar-refractivity contribution in [1.29, 1.82) is 0 Å². The van der Waals surface area contributed by atoms with Gasteiger partial charge in [-0.15, -0.1) is 0 Å². The summed E-state index contributed by atoms with van der Waals surface area (Å²) in [5, 5.41) is 7.64. The summed E-state index contributed by atoms with van der Waals surface area (Å²) in [6.45, 7) is 6.39. The molecule has 1 aromatic heterocycles. The first-order valence-corrected chi connectivity index (χ1v) is 6.83. The summed E-state index contributed by atoms with van der Waals surface area (Å²) in [5.41, 5.74) is 0. The monoisotopic (exact) mass is 252 g/mol. The van der Waals surface area contributed by atoms with E-state index >= 15 is 0 Å². The van der Waals surface area contributed by atoms with E-state index in [1.165, 1.54) is 0 Å². The minimum atomic E-state index is 0.294. The predicted octanol–water partition coefficient (Wildman–Crippen LogP) is 1.56. The van der Waals surface area contributed by atoms with Crippen LogP contribution in [-0.4, -0.2) is 40.1 Å². The molecule has 1 fully saturated rings. The van der Waals surface area contributed by atoms with E-state index in [1.54, 1.807) is 6.33 Å². The molecule has 3 atom stereocenters. The van der Waals surface area contributed by atoms with Crippen LogP contribution in [0.25, 0.3) is 0 Å². The standard InChI is InChI=1S/C13H24N4O/c1-9(2)17-13(15-8-16-17)7-11(14-4)12-6-5-10(3)18-12/h8-12,14H,5-7H2,1-4H3. The Hall–Kier alpha value is -0.940. The van der Waals surface area contributed by atoms with Gasteiger partial charge in [0.1, 0.15) is 12.2 Å². The molecule has 0 bridgehead atoms. The van der Waals surface area contributed by atoms with Crippen LogP contribution in [-0.2, 0) is 11.2 Å². The van der Waals surface area contributed by atoms with Crippen molar-refractivity contribution in [3.8, 4) is 0 Å². The van der Waals surface area contributed by atoms with Crippen molar-refractivity contribution in [2.45, 2.75) is 64.3 Å². The third-order valence-corrected chi connectivity index (χ3v) is 3.62. The minimum Gasteiger partial charge on any atom is -0.374 e. The number of ether oxygens (including phenoxy) is 1. The van der Waals surface area contributed by atoms with Crippen molar-refractivity contribution < 1.29 is 4.74 Å². The fourth-order valence-corrected chi connectivity index (χ4v) is 2.60. The van der Waals surface area contributed by atoms with Crippen LogP contribution in [0.2, 0.25) is 0 Å². The Morgan fingerprint density at radius 2 is 2.28 bits per heavy atom. The van der Waals surface area contributed by atoms with Gasteiger partial charge in [-0.3, -0.25) is 0 Å². The van der Waals surface area contributed by atoms with Gasteiger partial charge >= 0.3 is 0 Å². The minimum absolute atomic E-state index is 0.294. The third kappa shape index (κ3) is 2.90. The molecule has 1 saturated heterocycles. The molecular formula is C13H24N4O. The molecule has 3 unspecified atom stereocenters. The average Bonchev–Trinajstić information content (AvgIpc) is 2.94. The van der Waals surface area contributed by atoms with Crippen LogP contribution in [0, 0.1) is 0 Å². The van der Waals surface area contributed by atoms with Crippen LogP contribution in [0.1, 0.15) is 45.5 Å². The van der Waals surface area contributed by atoms with Crippen molar-refractivity contribution >= 4 is 0 Å². The van der Waals surface area contributed by atoms with Gasteiger partial charge in [0, 0.05) is 18.5 Å². The lowest BCUT2D eigenvalue weighted by Gasteiger charge is -2.23. The average molecular weight is 252 g/mol. The Kier molecular flexibility index (Phi) is 4.35. The van der Waals surface area contributed by atoms with Crippen molar-refractivity contribution in [2.24, 2.45) is 0 Å². The molecule has 1 N–H and O–H groups in total. The number of nitrogens with one attached hydrogen (secondary N) is 1. The number of likely N-dealkylation sites (N-methyl/N-ethyl adjacent to an activating group) is 1. The van der Waals surface area contributed by atoms with E-state index < -0.39 is 0 Å². The number of nitrogens with zero attached hydrogens (tertiary/aromatic N) is 3. The predicted molar refractivity (Wildman–Crippen MR) is 70.5 cm³/mol. The molecule has 102 valence electrons. The lowest BCUT2D eigenvalue weighted by atomic mass is 10.0. The molecule has 1 aliphatic heterocycles. The zero-order valence-corrected chi connectivity index (χ0v) is 11.8. The van der Waals surface area contributed by atoms with Gasteiger partial charge in [-0.2, -0.15) is 5.10 Å². The molecule has 0 aliphatic carbocycles. The van der Waals surface area contributed by atoms with Crippen LogP contribution in [0.4, 0.5) is 0 Å². The molecule has 5 heteroatoms. The summed E-state index contributed by atoms with van der Waals surface area (Å²) < 4.78 is 7.93. The summed E-state index contributed by atoms with van der Waals surface area (Å²) in [5.74, 6) is 1.03. The molecular weight excluding hydrogens is 228 g/mol. The van der Waals surface area contributed by atoms with Crippen molar-refractivity contribution in [2.75, 3.05) is 7.05 Å². The lowest BCUT2D eigenvalue weighted by Crippen LogP contribution is -2.40. The van der Waals surface area contributed by atoms with Gasteiger partial charge in [-0.1, -0.05) is 0 Å². The van der Waals surface area contributed by atoms with Crippen molar-refractivity contribution in [3.05, 3.63) is 12.2 Å². The van der Waals surface area contributed by atoms with E-state index in [0.717, 1.165) is 25.1 Å². The Balaban J connectivity index is 2.03. The first kappa shape index (κ1) is 13.5. The number of rotatable bonds is 5. The smallest absolute Gasteiger partial charge is 0.138 e. The first-order valence-electron chi connectivity index (χ1n) is 6.83. The highest BCUT2D eigenvalue weighted by Gasteiger charge is 2.29. The van der Waals surface area contributed by atoms with E-state index in [2.05, 4.69) is 36.2 Å². The lowest BCUT2D eigenvalue weighted by molar-refractivity contribution is 0.0330. The summed E-state index contributed by atoms with van der Waals surface area (Å²) >= 11 is 0. The van der Waals surface area contributed by atoms with Crippen LogP contribution in [0.3, 0.4) is 0 Å². The highest BCUT2D eigenvalue weighted by atomic mass is 16.5. The molecule has 0 spiro atoms. The summed E-state index contributed by atoms with van der Waals surface area (Å²) in [7, 11) is 1.99. The van der Waals surface area contributed by atoms with Crippen molar-refractivity contribution in [1.82, 2.24) is 20.1 Å². The van der Waals surface area contributed by atoms with Crippen LogP contribution in [0.15, 0.2) is 6.33 Å². The van der Waals surface area contributed by atoms with Gasteiger partial charge in [-0.25, -0.2) is 9.67 Å². The number of hydrogen-bond donors (Lipinski definition) is 1. The van der Waals surface area contributed by atoms with E-state index in [-0.39, 0.29) is 0 Å². The summed E-state index contributed by atoms with van der Waals surface area (Å²) in [6.07, 6.45) is 5.46. The van der Waals surface area contributed by atoms with Crippen molar-refractivity contribution in [3.63, 3.8) is 0 Å². The second kappa shape index (κ2) is 5.80. The number of aromatic nitrogens is 3. The maximum absolute atomic E-state index is 5.94. The van der Waals surface area contributed by atoms with E-state index in [9.17, 15) is 0 Å². The van der Waals surface area contributed by atoms with Gasteiger partial charge in [0.05, 0.1) is 12.2 Å². The Morgan fingerprint density at radius 1 is 1.50 bits per heavy atom. The normalized spacial score (nSPS) is 25.8. The molecule has 18 heavy (non-hydrogen) atoms. The van der Waals surface area contributed by atoms with E-state index in [0.29, 0.717) is 24.3 Å². The summed E-state index contributed by atoms with van der Waals surface area (Å²) in [4.78, 5) is 4.37. The van der Waals surface area contributed by atoms with E-state index in [1.807, 2.05) is 11.7 Å². The highest BCUT2D eigenvalue weighted by molar-refractivity contribution is 4.95. The Bertz CT molecular complexity index is 377. The molecule has 0 aromatic carbocycles. The van der Waals surface area contributed by atoms with Gasteiger partial charge < -0.3 is 10.1 Å². The molecule has 0 amide bonds. The fourth-order valence-electron chi connectivity index (χ4n) is 2.60. The van der Waals surface area contributed by atoms with E-state index in [4.69, 9.17) is 4.74 Å². The maximum atomic E-state index is 5.94. The number of hydrogen-bond acceptors (Lipinski definition) is 4. The zero-order chi connectivity index (χ0) is 13.1. The molecule has 0 saturated carbocycles. The molecule has 2 heterocycles. The largest absolute Gasteiger partial charge is 0.374 e. The second-order valence-corrected chi connectivity index (χ2v) is 5.38. The Morgan fingerprint density at radius 3 is 2.83 bits per heavy atom. The topological polar surface area (TPSA) is 52.0 Å². The molecule has 1 aromatic rings. The maximum Gasteiger partial charge on any atom is 0.138 e. The molecule has 0 radical (unpaired) electrons. The van der Waals surface area contributed by atoms with Crippen LogP contribution >= 0.6 is 0 Å². The molecule has 1 aliphatic rings. The fraction of sp³-hybridized carbons (Fsp3) is 0.846. The first-order chi connectivity index (χ1) is 8.61. The quantitative estimate of drug-likeness (QED) is 0.864.